The summed E-state index contributed by atoms with van der Waals surface area (Å²) < 4.78 is 1.02. The maximum atomic E-state index is 12.2. The number of rotatable bonds is 2. The van der Waals surface area contributed by atoms with Crippen LogP contribution in [0.2, 0.25) is 0 Å². The van der Waals surface area contributed by atoms with Gasteiger partial charge in [0.15, 0.2) is 5.11 Å². The zero-order valence-corrected chi connectivity index (χ0v) is 15.1. The van der Waals surface area contributed by atoms with Crippen molar-refractivity contribution in [3.05, 3.63) is 63.1 Å². The Morgan fingerprint density at radius 1 is 1.05 bits per heavy atom. The zero-order valence-electron chi connectivity index (χ0n) is 12.7. The van der Waals surface area contributed by atoms with Crippen LogP contribution in [0.5, 0.6) is 0 Å². The van der Waals surface area contributed by atoms with Gasteiger partial charge in [-0.05, 0) is 67.9 Å². The van der Waals surface area contributed by atoms with Crippen molar-refractivity contribution in [3.63, 3.8) is 0 Å². The Morgan fingerprint density at radius 2 is 1.64 bits per heavy atom. The molecule has 3 nitrogen and oxygen atoms in total. The first-order valence-electron chi connectivity index (χ1n) is 6.83. The van der Waals surface area contributed by atoms with E-state index in [1.165, 1.54) is 0 Å². The van der Waals surface area contributed by atoms with Crippen LogP contribution in [0, 0.1) is 20.8 Å². The van der Waals surface area contributed by atoms with Gasteiger partial charge in [0.1, 0.15) is 0 Å². The molecule has 2 aromatic rings. The molecule has 0 unspecified atom stereocenters. The molecule has 2 N–H and O–H groups in total. The van der Waals surface area contributed by atoms with E-state index in [0.29, 0.717) is 10.7 Å². The average Bonchev–Trinajstić information content (AvgIpc) is 2.43. The summed E-state index contributed by atoms with van der Waals surface area (Å²) >= 11 is 8.71. The van der Waals surface area contributed by atoms with Gasteiger partial charge in [0.25, 0.3) is 5.91 Å². The molecule has 0 radical (unpaired) electrons. The highest BCUT2D eigenvalue weighted by Gasteiger charge is 2.11. The quantitative estimate of drug-likeness (QED) is 0.758. The first-order chi connectivity index (χ1) is 10.4. The second-order valence-corrected chi connectivity index (χ2v) is 6.46. The van der Waals surface area contributed by atoms with Gasteiger partial charge in [-0.3, -0.25) is 10.1 Å². The van der Waals surface area contributed by atoms with Crippen molar-refractivity contribution in [3.8, 4) is 0 Å². The number of hydrogen-bond donors (Lipinski definition) is 2. The number of aryl methyl sites for hydroxylation is 3. The lowest BCUT2D eigenvalue weighted by atomic mass is 10.1. The Morgan fingerprint density at radius 3 is 2.23 bits per heavy atom. The molecule has 0 saturated carbocycles. The van der Waals surface area contributed by atoms with Crippen LogP contribution in [-0.2, 0) is 0 Å². The van der Waals surface area contributed by atoms with Gasteiger partial charge in [-0.1, -0.05) is 34.1 Å². The van der Waals surface area contributed by atoms with Crippen LogP contribution in [0.3, 0.4) is 0 Å². The maximum absolute atomic E-state index is 12.2. The summed E-state index contributed by atoms with van der Waals surface area (Å²) in [7, 11) is 0. The van der Waals surface area contributed by atoms with Crippen LogP contribution in [0.1, 0.15) is 27.0 Å². The lowest BCUT2D eigenvalue weighted by Gasteiger charge is -2.15. The molecule has 0 aromatic heterocycles. The molecule has 2 aromatic carbocycles. The maximum Gasteiger partial charge on any atom is 0.257 e. The summed E-state index contributed by atoms with van der Waals surface area (Å²) in [5.41, 5.74) is 4.56. The molecule has 22 heavy (non-hydrogen) atoms. The van der Waals surface area contributed by atoms with Crippen LogP contribution in [0.15, 0.2) is 40.9 Å². The molecule has 5 heteroatoms. The highest BCUT2D eigenvalue weighted by Crippen LogP contribution is 2.25. The van der Waals surface area contributed by atoms with Gasteiger partial charge in [-0.25, -0.2) is 0 Å². The monoisotopic (exact) mass is 376 g/mol. The van der Waals surface area contributed by atoms with Crippen LogP contribution >= 0.6 is 28.1 Å². The number of amides is 1. The number of thiocarbonyl (C=S) groups is 1. The van der Waals surface area contributed by atoms with E-state index in [1.807, 2.05) is 51.1 Å². The van der Waals surface area contributed by atoms with Crippen molar-refractivity contribution in [2.24, 2.45) is 0 Å². The van der Waals surface area contributed by atoms with Gasteiger partial charge < -0.3 is 5.32 Å². The van der Waals surface area contributed by atoms with Crippen LogP contribution < -0.4 is 10.6 Å². The minimum atomic E-state index is -0.206. The number of carbonyl (C=O) groups is 1. The van der Waals surface area contributed by atoms with Crippen molar-refractivity contribution >= 4 is 44.9 Å². The molecule has 1 amide bonds. The second-order valence-electron chi connectivity index (χ2n) is 5.14. The van der Waals surface area contributed by atoms with E-state index in [-0.39, 0.29) is 5.91 Å². The van der Waals surface area contributed by atoms with Crippen LogP contribution in [-0.4, -0.2) is 11.0 Å². The van der Waals surface area contributed by atoms with E-state index in [1.54, 1.807) is 6.07 Å². The Balaban J connectivity index is 2.11. The smallest absolute Gasteiger partial charge is 0.257 e. The SMILES string of the molecule is Cc1ccccc1C(=O)NC(=S)Nc1c(C)cc(Br)cc1C. The molecule has 0 saturated heterocycles. The van der Waals surface area contributed by atoms with Crippen molar-refractivity contribution in [1.82, 2.24) is 5.32 Å². The third-order valence-electron chi connectivity index (χ3n) is 3.35. The third kappa shape index (κ3) is 3.93. The van der Waals surface area contributed by atoms with E-state index >= 15 is 0 Å². The van der Waals surface area contributed by atoms with E-state index in [2.05, 4.69) is 26.6 Å². The van der Waals surface area contributed by atoms with Crippen molar-refractivity contribution in [1.29, 1.82) is 0 Å². The Kier molecular flexibility index (Phi) is 5.32. The van der Waals surface area contributed by atoms with Gasteiger partial charge in [0, 0.05) is 15.7 Å². The highest BCUT2D eigenvalue weighted by molar-refractivity contribution is 9.10. The standard InChI is InChI=1S/C17H17BrN2OS/c1-10-6-4-5-7-14(10)16(21)20-17(22)19-15-11(2)8-13(18)9-12(15)3/h4-9H,1-3H3,(H2,19,20,21,22). The number of carbonyl (C=O) groups excluding carboxylic acids is 1. The fraction of sp³-hybridized carbons (Fsp3) is 0.176. The molecule has 0 fully saturated rings. The van der Waals surface area contributed by atoms with Gasteiger partial charge in [0.05, 0.1) is 0 Å². The lowest BCUT2D eigenvalue weighted by Crippen LogP contribution is -2.34. The topological polar surface area (TPSA) is 41.1 Å². The number of benzene rings is 2. The summed E-state index contributed by atoms with van der Waals surface area (Å²) in [5.74, 6) is -0.206. The van der Waals surface area contributed by atoms with Gasteiger partial charge in [-0.2, -0.15) is 0 Å². The van der Waals surface area contributed by atoms with Gasteiger partial charge in [-0.15, -0.1) is 0 Å². The minimum Gasteiger partial charge on any atom is -0.332 e. The zero-order chi connectivity index (χ0) is 16.3. The first kappa shape index (κ1) is 16.6. The summed E-state index contributed by atoms with van der Waals surface area (Å²) in [4.78, 5) is 12.2. The second kappa shape index (κ2) is 7.03. The minimum absolute atomic E-state index is 0.206. The first-order valence-corrected chi connectivity index (χ1v) is 8.03. The van der Waals surface area contributed by atoms with Crippen molar-refractivity contribution in [2.45, 2.75) is 20.8 Å². The molecule has 0 aliphatic heterocycles. The van der Waals surface area contributed by atoms with E-state index in [4.69, 9.17) is 12.2 Å². The molecule has 114 valence electrons. The molecule has 0 heterocycles. The number of nitrogens with one attached hydrogen (secondary N) is 2. The largest absolute Gasteiger partial charge is 0.332 e. The molecule has 2 rings (SSSR count). The van der Waals surface area contributed by atoms with Crippen LogP contribution in [0.25, 0.3) is 0 Å². The summed E-state index contributed by atoms with van der Waals surface area (Å²) in [6, 6.07) is 11.4. The molecule has 0 atom stereocenters. The summed E-state index contributed by atoms with van der Waals surface area (Å²) in [6.07, 6.45) is 0. The molecule has 0 bridgehead atoms. The highest BCUT2D eigenvalue weighted by atomic mass is 79.9. The molecular weight excluding hydrogens is 360 g/mol. The third-order valence-corrected chi connectivity index (χ3v) is 4.01. The molecular formula is C17H17BrN2OS. The predicted molar refractivity (Wildman–Crippen MR) is 98.5 cm³/mol. The summed E-state index contributed by atoms with van der Waals surface area (Å²) in [6.45, 7) is 5.88. The fourth-order valence-corrected chi connectivity index (χ4v) is 3.13. The van der Waals surface area contributed by atoms with E-state index in [0.717, 1.165) is 26.9 Å². The lowest BCUT2D eigenvalue weighted by molar-refractivity contribution is 0.0977. The normalized spacial score (nSPS) is 10.2. The Hall–Kier alpha value is -1.72. The number of halogens is 1. The van der Waals surface area contributed by atoms with Crippen molar-refractivity contribution < 1.29 is 4.79 Å². The fourth-order valence-electron chi connectivity index (χ4n) is 2.25. The van der Waals surface area contributed by atoms with Gasteiger partial charge in [0.2, 0.25) is 0 Å². The predicted octanol–water partition coefficient (Wildman–Crippen LogP) is 4.50. The Bertz CT molecular complexity index is 720. The van der Waals surface area contributed by atoms with E-state index in [9.17, 15) is 4.79 Å². The molecule has 0 aliphatic rings. The Labute approximate surface area is 144 Å². The van der Waals surface area contributed by atoms with E-state index < -0.39 is 0 Å². The number of anilines is 1. The molecule has 0 spiro atoms. The van der Waals surface area contributed by atoms with Gasteiger partial charge >= 0.3 is 0 Å². The van der Waals surface area contributed by atoms with Crippen molar-refractivity contribution in [2.75, 3.05) is 5.32 Å². The molecule has 0 aliphatic carbocycles. The van der Waals surface area contributed by atoms with Crippen LogP contribution in [0.4, 0.5) is 5.69 Å². The summed E-state index contributed by atoms with van der Waals surface area (Å²) in [5, 5.41) is 6.12. The average molecular weight is 377 g/mol. The number of hydrogen-bond acceptors (Lipinski definition) is 2.